The first-order chi connectivity index (χ1) is 16.6. The van der Waals surface area contributed by atoms with Crippen molar-refractivity contribution in [3.8, 4) is 0 Å². The van der Waals surface area contributed by atoms with Gasteiger partial charge in [0, 0.05) is 20.0 Å². The maximum absolute atomic E-state index is 11.5. The summed E-state index contributed by atoms with van der Waals surface area (Å²) in [4.78, 5) is 11.5. The molecule has 0 aromatic rings. The number of rotatable bonds is 6. The second-order valence-electron chi connectivity index (χ2n) is 15.0. The third-order valence-electron chi connectivity index (χ3n) is 12.0. The van der Waals surface area contributed by atoms with Gasteiger partial charge in [-0.15, -0.1) is 0 Å². The molecule has 2 unspecified atom stereocenters. The predicted molar refractivity (Wildman–Crippen MR) is 149 cm³/mol. The van der Waals surface area contributed by atoms with E-state index in [0.29, 0.717) is 29.6 Å². The van der Waals surface area contributed by atoms with Crippen LogP contribution in [0, 0.1) is 40.4 Å². The molecule has 0 aromatic carbocycles. The molecule has 9 atom stereocenters. The van der Waals surface area contributed by atoms with Crippen molar-refractivity contribution in [3.63, 3.8) is 0 Å². The number of aliphatic hydroxyl groups is 1. The quantitative estimate of drug-likeness (QED) is 0.224. The zero-order valence-corrected chi connectivity index (χ0v) is 25.7. The largest absolute Gasteiger partial charge is 0.462 e. The fourth-order valence-corrected chi connectivity index (χ4v) is 10.0. The van der Waals surface area contributed by atoms with Gasteiger partial charge < -0.3 is 14.3 Å². The maximum Gasteiger partial charge on any atom is 0.302 e. The van der Waals surface area contributed by atoms with Crippen LogP contribution in [-0.2, 0) is 14.0 Å². The molecule has 1 N–H and O–H groups in total. The molecule has 0 heterocycles. The molecule has 0 aromatic heterocycles. The van der Waals surface area contributed by atoms with E-state index in [2.05, 4.69) is 60.7 Å². The highest BCUT2D eigenvalue weighted by Gasteiger charge is 2.61. The van der Waals surface area contributed by atoms with Gasteiger partial charge in [-0.25, -0.2) is 0 Å². The molecule has 5 heteroatoms. The number of allylic oxidation sites excluding steroid dienone is 1. The van der Waals surface area contributed by atoms with Gasteiger partial charge >= 0.3 is 5.97 Å². The third kappa shape index (κ3) is 4.90. The second-order valence-corrected chi connectivity index (χ2v) is 19.8. The van der Waals surface area contributed by atoms with E-state index in [1.165, 1.54) is 25.3 Å². The number of esters is 1. The minimum Gasteiger partial charge on any atom is -0.462 e. The Bertz CT molecular complexity index is 859. The first kappa shape index (κ1) is 28.4. The maximum atomic E-state index is 11.5. The number of fused-ring (bicyclic) bond motifs is 5. The lowest BCUT2D eigenvalue weighted by Crippen LogP contribution is -2.51. The summed E-state index contributed by atoms with van der Waals surface area (Å²) < 4.78 is 12.1. The first-order valence-electron chi connectivity index (χ1n) is 14.8. The molecule has 4 aliphatic carbocycles. The summed E-state index contributed by atoms with van der Waals surface area (Å²) >= 11 is 0. The van der Waals surface area contributed by atoms with Crippen molar-refractivity contribution in [1.82, 2.24) is 0 Å². The molecular formula is C31H54O4Si. The Morgan fingerprint density at radius 3 is 2.53 bits per heavy atom. The molecule has 4 nitrogen and oxygen atoms in total. The van der Waals surface area contributed by atoms with Crippen LogP contribution in [0.4, 0.5) is 0 Å². The molecule has 0 spiro atoms. The Balaban J connectivity index is 1.46. The zero-order chi connectivity index (χ0) is 26.7. The van der Waals surface area contributed by atoms with Gasteiger partial charge in [0.05, 0.1) is 6.10 Å². The second kappa shape index (κ2) is 9.83. The van der Waals surface area contributed by atoms with Crippen molar-refractivity contribution in [1.29, 1.82) is 0 Å². The average molecular weight is 519 g/mol. The fourth-order valence-electron chi connectivity index (χ4n) is 8.94. The molecule has 3 saturated carbocycles. The summed E-state index contributed by atoms with van der Waals surface area (Å²) in [5, 5.41) is 11.7. The molecule has 36 heavy (non-hydrogen) atoms. The molecule has 0 aliphatic heterocycles. The number of carbonyl (C=O) groups excluding carboxylic acids is 1. The van der Waals surface area contributed by atoms with Crippen molar-refractivity contribution in [2.24, 2.45) is 40.4 Å². The van der Waals surface area contributed by atoms with E-state index < -0.39 is 8.32 Å². The summed E-state index contributed by atoms with van der Waals surface area (Å²) in [6.07, 6.45) is 11.0. The lowest BCUT2D eigenvalue weighted by Gasteiger charge is -2.58. The highest BCUT2D eigenvalue weighted by atomic mass is 28.4. The molecule has 0 saturated heterocycles. The van der Waals surface area contributed by atoms with Gasteiger partial charge in [-0.05, 0) is 103 Å². The van der Waals surface area contributed by atoms with E-state index in [0.717, 1.165) is 45.1 Å². The fraction of sp³-hybridized carbons (Fsp3) is 0.903. The van der Waals surface area contributed by atoms with Gasteiger partial charge in [-0.3, -0.25) is 4.79 Å². The van der Waals surface area contributed by atoms with Gasteiger partial charge in [-0.1, -0.05) is 53.2 Å². The summed E-state index contributed by atoms with van der Waals surface area (Å²) in [5.74, 6) is 2.64. The molecule has 0 bridgehead atoms. The van der Waals surface area contributed by atoms with Crippen molar-refractivity contribution >= 4 is 14.3 Å². The van der Waals surface area contributed by atoms with Crippen LogP contribution in [-0.4, -0.2) is 38.2 Å². The van der Waals surface area contributed by atoms with Crippen LogP contribution in [0.25, 0.3) is 0 Å². The van der Waals surface area contributed by atoms with Gasteiger partial charge in [0.2, 0.25) is 0 Å². The highest BCUT2D eigenvalue weighted by molar-refractivity contribution is 6.74. The predicted octanol–water partition coefficient (Wildman–Crippen LogP) is 7.52. The molecule has 3 fully saturated rings. The minimum atomic E-state index is -1.74. The Labute approximate surface area is 222 Å². The summed E-state index contributed by atoms with van der Waals surface area (Å²) in [6, 6.07) is 0. The van der Waals surface area contributed by atoms with Gasteiger partial charge in [0.15, 0.2) is 8.32 Å². The lowest BCUT2D eigenvalue weighted by molar-refractivity contribution is -0.148. The van der Waals surface area contributed by atoms with Gasteiger partial charge in [-0.2, -0.15) is 0 Å². The van der Waals surface area contributed by atoms with Crippen molar-refractivity contribution in [2.75, 3.05) is 6.61 Å². The Morgan fingerprint density at radius 2 is 1.89 bits per heavy atom. The number of ether oxygens (including phenoxy) is 1. The number of aliphatic hydroxyl groups excluding tert-OH is 1. The van der Waals surface area contributed by atoms with E-state index in [1.807, 2.05) is 0 Å². The average Bonchev–Trinajstić information content (AvgIpc) is 3.02. The molecule has 0 radical (unpaired) electrons. The smallest absolute Gasteiger partial charge is 0.302 e. The van der Waals surface area contributed by atoms with Crippen molar-refractivity contribution < 1.29 is 19.1 Å². The Morgan fingerprint density at radius 1 is 1.19 bits per heavy atom. The monoisotopic (exact) mass is 518 g/mol. The Hall–Kier alpha value is -0.653. The number of carbonyl (C=O) groups is 1. The topological polar surface area (TPSA) is 55.8 Å². The standard InChI is InChI=1S/C31H54O4Si/c1-20(14-17-34-36(8,9)29(3,4)5)28-27(33)19-26-24-11-10-22-18-23(35-21(2)32)12-15-30(22,6)25(24)13-16-31(26,28)7/h10,20,23-28,33H,11-19H2,1-9H3/t20-,23+,24-,25+,26+,27?,28?,30+,31+/m1/s1. The normalized spacial score (nSPS) is 41.6. The van der Waals surface area contributed by atoms with Gasteiger partial charge in [0.1, 0.15) is 6.10 Å². The molecule has 4 rings (SSSR count). The van der Waals surface area contributed by atoms with Crippen LogP contribution in [0.2, 0.25) is 18.1 Å². The zero-order valence-electron chi connectivity index (χ0n) is 24.7. The molecule has 4 aliphatic rings. The minimum absolute atomic E-state index is 0.0549. The van der Waals surface area contributed by atoms with Crippen molar-refractivity contribution in [3.05, 3.63) is 11.6 Å². The first-order valence-corrected chi connectivity index (χ1v) is 17.7. The summed E-state index contributed by atoms with van der Waals surface area (Å²) in [6.45, 7) is 21.3. The van der Waals surface area contributed by atoms with Crippen LogP contribution >= 0.6 is 0 Å². The van der Waals surface area contributed by atoms with Crippen molar-refractivity contribution in [2.45, 2.75) is 130 Å². The van der Waals surface area contributed by atoms with Crippen LogP contribution in [0.3, 0.4) is 0 Å². The number of hydrogen-bond acceptors (Lipinski definition) is 4. The molecular weight excluding hydrogens is 464 g/mol. The molecule has 0 amide bonds. The summed E-state index contributed by atoms with van der Waals surface area (Å²) in [5.41, 5.74) is 1.98. The van der Waals surface area contributed by atoms with Crippen LogP contribution in [0.15, 0.2) is 11.6 Å². The molecule has 206 valence electrons. The van der Waals surface area contributed by atoms with E-state index >= 15 is 0 Å². The number of hydrogen-bond donors (Lipinski definition) is 1. The van der Waals surface area contributed by atoms with E-state index in [4.69, 9.17) is 9.16 Å². The van der Waals surface area contributed by atoms with Crippen LogP contribution < -0.4 is 0 Å². The highest BCUT2D eigenvalue weighted by Crippen LogP contribution is 2.67. The van der Waals surface area contributed by atoms with Crippen LogP contribution in [0.1, 0.15) is 99.8 Å². The summed E-state index contributed by atoms with van der Waals surface area (Å²) in [7, 11) is -1.74. The van der Waals surface area contributed by atoms with Crippen LogP contribution in [0.5, 0.6) is 0 Å². The van der Waals surface area contributed by atoms with E-state index in [-0.39, 0.29) is 34.0 Å². The van der Waals surface area contributed by atoms with E-state index in [1.54, 1.807) is 0 Å². The Kier molecular flexibility index (Phi) is 7.74. The van der Waals surface area contributed by atoms with E-state index in [9.17, 15) is 9.90 Å². The van der Waals surface area contributed by atoms with Gasteiger partial charge in [0.25, 0.3) is 0 Å². The SMILES string of the molecule is CC(=O)O[C@H]1CC[C@@]2(C)C(=CC[C@@H]3[C@@H]2CC[C@]2(C)C([C@H](C)CCO[Si](C)(C)C(C)(C)C)C(O)C[C@@H]32)C1. The lowest BCUT2D eigenvalue weighted by atomic mass is 9.47. The third-order valence-corrected chi connectivity index (χ3v) is 16.5.